The van der Waals surface area contributed by atoms with Crippen molar-refractivity contribution in [2.75, 3.05) is 19.0 Å². The predicted molar refractivity (Wildman–Crippen MR) is 58.8 cm³/mol. The summed E-state index contributed by atoms with van der Waals surface area (Å²) in [6.07, 6.45) is 2.89. The molecule has 1 aliphatic rings. The molecule has 0 bridgehead atoms. The van der Waals surface area contributed by atoms with Crippen LogP contribution < -0.4 is 0 Å². The third kappa shape index (κ3) is 2.53. The maximum atomic E-state index is 9.02. The Morgan fingerprint density at radius 2 is 2.60 bits per heavy atom. The smallest absolute Gasteiger partial charge is 0.167 e. The number of hydrogen-bond acceptors (Lipinski definition) is 4. The van der Waals surface area contributed by atoms with Crippen LogP contribution in [-0.4, -0.2) is 33.6 Å². The summed E-state index contributed by atoms with van der Waals surface area (Å²) in [4.78, 5) is 4.27. The zero-order valence-electron chi connectivity index (χ0n) is 8.85. The summed E-state index contributed by atoms with van der Waals surface area (Å²) in [6, 6.07) is 0. The molecule has 1 saturated heterocycles. The Morgan fingerprint density at radius 3 is 3.20 bits per heavy atom. The Labute approximate surface area is 93.6 Å². The van der Waals surface area contributed by atoms with Gasteiger partial charge in [0.1, 0.15) is 0 Å². The second-order valence-electron chi connectivity index (χ2n) is 3.79. The molecule has 84 valence electrons. The van der Waals surface area contributed by atoms with Crippen molar-refractivity contribution in [1.82, 2.24) is 9.55 Å². The molecule has 1 unspecified atom stereocenters. The van der Waals surface area contributed by atoms with Crippen LogP contribution in [0.2, 0.25) is 0 Å². The van der Waals surface area contributed by atoms with Gasteiger partial charge in [-0.2, -0.15) is 0 Å². The second-order valence-corrected chi connectivity index (χ2v) is 4.78. The minimum Gasteiger partial charge on any atom is -0.390 e. The van der Waals surface area contributed by atoms with E-state index in [-0.39, 0.29) is 6.61 Å². The molecule has 5 heteroatoms. The van der Waals surface area contributed by atoms with Crippen LogP contribution in [0.25, 0.3) is 0 Å². The van der Waals surface area contributed by atoms with Gasteiger partial charge in [-0.3, -0.25) is 0 Å². The van der Waals surface area contributed by atoms with Crippen LogP contribution >= 0.6 is 11.8 Å². The molecule has 0 saturated carbocycles. The molecule has 2 rings (SSSR count). The molecule has 1 fully saturated rings. The average molecular weight is 228 g/mol. The average Bonchev–Trinajstić information content (AvgIpc) is 2.85. The van der Waals surface area contributed by atoms with Gasteiger partial charge in [-0.05, 0) is 12.3 Å². The summed E-state index contributed by atoms with van der Waals surface area (Å²) in [7, 11) is 1.94. The van der Waals surface area contributed by atoms with Gasteiger partial charge in [0.05, 0.1) is 25.1 Å². The van der Waals surface area contributed by atoms with Crippen LogP contribution in [0.5, 0.6) is 0 Å². The quantitative estimate of drug-likeness (QED) is 0.782. The summed E-state index contributed by atoms with van der Waals surface area (Å²) < 4.78 is 7.27. The Bertz CT molecular complexity index is 321. The summed E-state index contributed by atoms with van der Waals surface area (Å²) >= 11 is 1.74. The highest BCUT2D eigenvalue weighted by Crippen LogP contribution is 2.24. The fourth-order valence-corrected chi connectivity index (χ4v) is 2.70. The SMILES string of the molecule is Cn1c(CO)cnc1SCC1CCOC1. The number of thioether (sulfide) groups is 1. The van der Waals surface area contributed by atoms with Gasteiger partial charge in [0, 0.05) is 19.4 Å². The van der Waals surface area contributed by atoms with Crippen LogP contribution in [0.1, 0.15) is 12.1 Å². The van der Waals surface area contributed by atoms with Gasteiger partial charge in [0.25, 0.3) is 0 Å². The standard InChI is InChI=1S/C10H16N2O2S/c1-12-9(5-13)4-11-10(12)15-7-8-2-3-14-6-8/h4,8,13H,2-3,5-7H2,1H3. The molecule has 0 aromatic carbocycles. The number of ether oxygens (including phenoxy) is 1. The van der Waals surface area contributed by atoms with Crippen molar-refractivity contribution >= 4 is 11.8 Å². The Morgan fingerprint density at radius 1 is 1.73 bits per heavy atom. The van der Waals surface area contributed by atoms with Crippen molar-refractivity contribution in [3.8, 4) is 0 Å². The topological polar surface area (TPSA) is 47.3 Å². The highest BCUT2D eigenvalue weighted by molar-refractivity contribution is 7.99. The van der Waals surface area contributed by atoms with Gasteiger partial charge in [-0.15, -0.1) is 0 Å². The van der Waals surface area contributed by atoms with Crippen molar-refractivity contribution in [3.63, 3.8) is 0 Å². The molecule has 0 aliphatic carbocycles. The summed E-state index contributed by atoms with van der Waals surface area (Å²) in [5.41, 5.74) is 0.861. The third-order valence-electron chi connectivity index (χ3n) is 2.68. The lowest BCUT2D eigenvalue weighted by Crippen LogP contribution is -2.04. The van der Waals surface area contributed by atoms with Gasteiger partial charge in [0.2, 0.25) is 0 Å². The molecule has 4 nitrogen and oxygen atoms in total. The fourth-order valence-electron chi connectivity index (χ4n) is 1.61. The Hall–Kier alpha value is -0.520. The van der Waals surface area contributed by atoms with E-state index in [9.17, 15) is 0 Å². The third-order valence-corrected chi connectivity index (χ3v) is 3.95. The van der Waals surface area contributed by atoms with E-state index >= 15 is 0 Å². The van der Waals surface area contributed by atoms with Crippen molar-refractivity contribution in [1.29, 1.82) is 0 Å². The van der Waals surface area contributed by atoms with Crippen LogP contribution in [0.4, 0.5) is 0 Å². The first kappa shape index (κ1) is 11.0. The molecule has 0 amide bonds. The number of imidazole rings is 1. The number of aliphatic hydroxyl groups is 1. The van der Waals surface area contributed by atoms with Gasteiger partial charge < -0.3 is 14.4 Å². The highest BCUT2D eigenvalue weighted by Gasteiger charge is 2.17. The largest absolute Gasteiger partial charge is 0.390 e. The zero-order valence-corrected chi connectivity index (χ0v) is 9.66. The van der Waals surface area contributed by atoms with Crippen LogP contribution in [-0.2, 0) is 18.4 Å². The van der Waals surface area contributed by atoms with Crippen molar-refractivity contribution < 1.29 is 9.84 Å². The highest BCUT2D eigenvalue weighted by atomic mass is 32.2. The van der Waals surface area contributed by atoms with Crippen molar-refractivity contribution in [2.24, 2.45) is 13.0 Å². The second kappa shape index (κ2) is 5.01. The molecule has 0 radical (unpaired) electrons. The van der Waals surface area contributed by atoms with E-state index in [0.717, 1.165) is 36.2 Å². The minimum atomic E-state index is 0.0522. The summed E-state index contributed by atoms with van der Waals surface area (Å²) in [6.45, 7) is 1.83. The monoisotopic (exact) mass is 228 g/mol. The molecular weight excluding hydrogens is 212 g/mol. The summed E-state index contributed by atoms with van der Waals surface area (Å²) in [5, 5.41) is 10.00. The van der Waals surface area contributed by atoms with Crippen molar-refractivity contribution in [2.45, 2.75) is 18.2 Å². The van der Waals surface area contributed by atoms with Crippen molar-refractivity contribution in [3.05, 3.63) is 11.9 Å². The maximum absolute atomic E-state index is 9.02. The van der Waals surface area contributed by atoms with E-state index in [1.165, 1.54) is 0 Å². The zero-order chi connectivity index (χ0) is 10.7. The number of aromatic nitrogens is 2. The van der Waals surface area contributed by atoms with Gasteiger partial charge in [0.15, 0.2) is 5.16 Å². The van der Waals surface area contributed by atoms with Crippen LogP contribution in [0, 0.1) is 5.92 Å². The van der Waals surface area contributed by atoms with Gasteiger partial charge in [-0.1, -0.05) is 11.8 Å². The molecule has 0 spiro atoms. The minimum absolute atomic E-state index is 0.0522. The van der Waals surface area contributed by atoms with Gasteiger partial charge in [-0.25, -0.2) is 4.98 Å². The molecule has 2 heterocycles. The molecule has 1 aliphatic heterocycles. The molecule has 1 aromatic heterocycles. The van der Waals surface area contributed by atoms with Crippen LogP contribution in [0.15, 0.2) is 11.4 Å². The Kier molecular flexibility index (Phi) is 3.66. The molecule has 15 heavy (non-hydrogen) atoms. The van der Waals surface area contributed by atoms with Gasteiger partial charge >= 0.3 is 0 Å². The lowest BCUT2D eigenvalue weighted by atomic mass is 10.2. The maximum Gasteiger partial charge on any atom is 0.167 e. The Balaban J connectivity index is 1.89. The number of rotatable bonds is 4. The van der Waals surface area contributed by atoms with E-state index < -0.39 is 0 Å². The first-order chi connectivity index (χ1) is 7.31. The van der Waals surface area contributed by atoms with E-state index in [2.05, 4.69) is 4.98 Å². The normalized spacial score (nSPS) is 21.1. The number of hydrogen-bond donors (Lipinski definition) is 1. The first-order valence-electron chi connectivity index (χ1n) is 5.13. The van der Waals surface area contributed by atoms with E-state index in [0.29, 0.717) is 5.92 Å². The number of aliphatic hydroxyl groups excluding tert-OH is 1. The number of nitrogens with zero attached hydrogens (tertiary/aromatic N) is 2. The molecule has 1 aromatic rings. The molecular formula is C10H16N2O2S. The lowest BCUT2D eigenvalue weighted by Gasteiger charge is -2.07. The van der Waals surface area contributed by atoms with E-state index in [4.69, 9.17) is 9.84 Å². The molecule has 1 N–H and O–H groups in total. The fraction of sp³-hybridized carbons (Fsp3) is 0.700. The van der Waals surface area contributed by atoms with Crippen LogP contribution in [0.3, 0.4) is 0 Å². The lowest BCUT2D eigenvalue weighted by molar-refractivity contribution is 0.189. The van der Waals surface area contributed by atoms with E-state index in [1.807, 2.05) is 11.6 Å². The molecule has 1 atom stereocenters. The first-order valence-corrected chi connectivity index (χ1v) is 6.12. The van der Waals surface area contributed by atoms with E-state index in [1.54, 1.807) is 18.0 Å². The predicted octanol–water partition coefficient (Wildman–Crippen LogP) is 1.04. The summed E-state index contributed by atoms with van der Waals surface area (Å²) in [5.74, 6) is 1.71.